The van der Waals surface area contributed by atoms with Crippen molar-refractivity contribution in [2.24, 2.45) is 0 Å². The Labute approximate surface area is 99.2 Å². The Kier molecular flexibility index (Phi) is 3.53. The van der Waals surface area contributed by atoms with E-state index in [1.165, 1.54) is 7.11 Å². The van der Waals surface area contributed by atoms with Crippen LogP contribution < -0.4 is 4.90 Å². The Bertz CT molecular complexity index is 385. The van der Waals surface area contributed by atoms with Crippen molar-refractivity contribution in [1.29, 1.82) is 0 Å². The van der Waals surface area contributed by atoms with Crippen LogP contribution in [0.4, 0.5) is 5.82 Å². The van der Waals surface area contributed by atoms with Crippen LogP contribution in [0.25, 0.3) is 0 Å². The van der Waals surface area contributed by atoms with Crippen LogP contribution in [0.1, 0.15) is 23.3 Å². The number of aromatic nitrogens is 2. The van der Waals surface area contributed by atoms with E-state index in [1.54, 1.807) is 12.1 Å². The second-order valence-electron chi connectivity index (χ2n) is 3.99. The van der Waals surface area contributed by atoms with Crippen molar-refractivity contribution >= 4 is 11.8 Å². The first-order valence-electron chi connectivity index (χ1n) is 5.56. The van der Waals surface area contributed by atoms with Crippen molar-refractivity contribution in [1.82, 2.24) is 10.2 Å². The topological polar surface area (TPSA) is 75.5 Å². The van der Waals surface area contributed by atoms with Crippen LogP contribution in [-0.4, -0.2) is 47.6 Å². The second kappa shape index (κ2) is 5.09. The van der Waals surface area contributed by atoms with Gasteiger partial charge in [-0.2, -0.15) is 0 Å². The molecule has 0 aliphatic carbocycles. The Morgan fingerprint density at radius 2 is 2.12 bits per heavy atom. The number of esters is 1. The minimum Gasteiger partial charge on any atom is -0.464 e. The zero-order valence-electron chi connectivity index (χ0n) is 9.67. The van der Waals surface area contributed by atoms with E-state index in [9.17, 15) is 9.90 Å². The van der Waals surface area contributed by atoms with Gasteiger partial charge in [-0.3, -0.25) is 0 Å². The van der Waals surface area contributed by atoms with Gasteiger partial charge in [-0.15, -0.1) is 10.2 Å². The molecule has 1 aliphatic rings. The lowest BCUT2D eigenvalue weighted by Crippen LogP contribution is -2.36. The number of carbonyl (C=O) groups excluding carboxylic acids is 1. The summed E-state index contributed by atoms with van der Waals surface area (Å²) in [4.78, 5) is 13.2. The van der Waals surface area contributed by atoms with Crippen molar-refractivity contribution in [2.45, 2.75) is 18.9 Å². The van der Waals surface area contributed by atoms with E-state index in [1.807, 2.05) is 4.90 Å². The summed E-state index contributed by atoms with van der Waals surface area (Å²) in [6.45, 7) is 1.51. The van der Waals surface area contributed by atoms with Crippen LogP contribution in [0.5, 0.6) is 0 Å². The van der Waals surface area contributed by atoms with E-state index in [4.69, 9.17) is 0 Å². The SMILES string of the molecule is COC(=O)c1ccc(N2CCC(O)CC2)nn1. The molecule has 1 aromatic heterocycles. The molecule has 1 aromatic rings. The minimum atomic E-state index is -0.488. The van der Waals surface area contributed by atoms with Gasteiger partial charge in [0, 0.05) is 13.1 Å². The normalized spacial score (nSPS) is 16.9. The maximum atomic E-state index is 11.2. The number of aliphatic hydroxyl groups excluding tert-OH is 1. The lowest BCUT2D eigenvalue weighted by atomic mass is 10.1. The van der Waals surface area contributed by atoms with Crippen LogP contribution in [0, 0.1) is 0 Å². The fourth-order valence-corrected chi connectivity index (χ4v) is 1.80. The van der Waals surface area contributed by atoms with Gasteiger partial charge in [0.15, 0.2) is 11.5 Å². The maximum absolute atomic E-state index is 11.2. The van der Waals surface area contributed by atoms with E-state index in [-0.39, 0.29) is 11.8 Å². The van der Waals surface area contributed by atoms with Gasteiger partial charge in [0.05, 0.1) is 13.2 Å². The third kappa shape index (κ3) is 2.71. The van der Waals surface area contributed by atoms with E-state index in [0.29, 0.717) is 0 Å². The van der Waals surface area contributed by atoms with Crippen LogP contribution in [0.2, 0.25) is 0 Å². The first kappa shape index (κ1) is 11.8. The Morgan fingerprint density at radius 1 is 1.41 bits per heavy atom. The predicted molar refractivity (Wildman–Crippen MR) is 60.8 cm³/mol. The maximum Gasteiger partial charge on any atom is 0.358 e. The molecule has 92 valence electrons. The van der Waals surface area contributed by atoms with E-state index >= 15 is 0 Å². The van der Waals surface area contributed by atoms with Gasteiger partial charge < -0.3 is 14.7 Å². The molecule has 1 aliphatic heterocycles. The lowest BCUT2D eigenvalue weighted by Gasteiger charge is -2.29. The van der Waals surface area contributed by atoms with E-state index in [2.05, 4.69) is 14.9 Å². The molecule has 1 fully saturated rings. The molecule has 0 saturated carbocycles. The number of aliphatic hydroxyl groups is 1. The molecule has 1 N–H and O–H groups in total. The number of carbonyl (C=O) groups is 1. The van der Waals surface area contributed by atoms with Gasteiger partial charge in [-0.1, -0.05) is 0 Å². The largest absolute Gasteiger partial charge is 0.464 e. The summed E-state index contributed by atoms with van der Waals surface area (Å²) in [7, 11) is 1.31. The smallest absolute Gasteiger partial charge is 0.358 e. The number of anilines is 1. The van der Waals surface area contributed by atoms with E-state index in [0.717, 1.165) is 31.7 Å². The molecule has 6 heteroatoms. The van der Waals surface area contributed by atoms with Gasteiger partial charge in [0.1, 0.15) is 0 Å². The highest BCUT2D eigenvalue weighted by Crippen LogP contribution is 2.17. The highest BCUT2D eigenvalue weighted by molar-refractivity contribution is 5.86. The number of methoxy groups -OCH3 is 1. The van der Waals surface area contributed by atoms with Crippen molar-refractivity contribution < 1.29 is 14.6 Å². The lowest BCUT2D eigenvalue weighted by molar-refractivity contribution is 0.0592. The zero-order chi connectivity index (χ0) is 12.3. The predicted octanol–water partition coefficient (Wildman–Crippen LogP) is 0.224. The van der Waals surface area contributed by atoms with Gasteiger partial charge in [0.25, 0.3) is 0 Å². The molecule has 2 heterocycles. The summed E-state index contributed by atoms with van der Waals surface area (Å²) in [6, 6.07) is 3.34. The monoisotopic (exact) mass is 237 g/mol. The molecule has 0 unspecified atom stereocenters. The number of rotatable bonds is 2. The van der Waals surface area contributed by atoms with Crippen molar-refractivity contribution in [2.75, 3.05) is 25.1 Å². The molecule has 17 heavy (non-hydrogen) atoms. The highest BCUT2D eigenvalue weighted by atomic mass is 16.5. The van der Waals surface area contributed by atoms with Crippen molar-refractivity contribution in [3.8, 4) is 0 Å². The molecular formula is C11H15N3O3. The third-order valence-corrected chi connectivity index (χ3v) is 2.83. The van der Waals surface area contributed by atoms with Gasteiger partial charge >= 0.3 is 5.97 Å². The van der Waals surface area contributed by atoms with Crippen molar-refractivity contribution in [3.63, 3.8) is 0 Å². The molecule has 0 bridgehead atoms. The number of hydrogen-bond donors (Lipinski definition) is 1. The molecule has 2 rings (SSSR count). The van der Waals surface area contributed by atoms with Gasteiger partial charge in [-0.25, -0.2) is 4.79 Å². The molecule has 0 amide bonds. The summed E-state index contributed by atoms with van der Waals surface area (Å²) in [5.74, 6) is 0.239. The average Bonchev–Trinajstić information content (AvgIpc) is 2.39. The van der Waals surface area contributed by atoms with Gasteiger partial charge in [-0.05, 0) is 25.0 Å². The molecule has 6 nitrogen and oxygen atoms in total. The Morgan fingerprint density at radius 3 is 2.65 bits per heavy atom. The van der Waals surface area contributed by atoms with Crippen LogP contribution in [0.3, 0.4) is 0 Å². The Balaban J connectivity index is 2.05. The molecular weight excluding hydrogens is 222 g/mol. The third-order valence-electron chi connectivity index (χ3n) is 2.83. The number of nitrogens with zero attached hydrogens (tertiary/aromatic N) is 3. The number of hydrogen-bond acceptors (Lipinski definition) is 6. The Hall–Kier alpha value is -1.69. The first-order chi connectivity index (χ1) is 8.20. The van der Waals surface area contributed by atoms with E-state index < -0.39 is 5.97 Å². The fourth-order valence-electron chi connectivity index (χ4n) is 1.80. The molecule has 0 spiro atoms. The summed E-state index contributed by atoms with van der Waals surface area (Å²) in [5, 5.41) is 17.2. The molecule has 0 radical (unpaired) electrons. The second-order valence-corrected chi connectivity index (χ2v) is 3.99. The summed E-state index contributed by atoms with van der Waals surface area (Å²) >= 11 is 0. The fraction of sp³-hybridized carbons (Fsp3) is 0.545. The van der Waals surface area contributed by atoms with Crippen molar-refractivity contribution in [3.05, 3.63) is 17.8 Å². The quantitative estimate of drug-likeness (QED) is 0.742. The average molecular weight is 237 g/mol. The number of piperidine rings is 1. The summed E-state index contributed by atoms with van der Waals surface area (Å²) in [6.07, 6.45) is 1.26. The standard InChI is InChI=1S/C11H15N3O3/c1-17-11(16)9-2-3-10(13-12-9)14-6-4-8(15)5-7-14/h2-3,8,15H,4-7H2,1H3. The molecule has 0 atom stereocenters. The summed E-state index contributed by atoms with van der Waals surface area (Å²) in [5.41, 5.74) is 0.202. The first-order valence-corrected chi connectivity index (χ1v) is 5.56. The van der Waals surface area contributed by atoms with Crippen LogP contribution in [0.15, 0.2) is 12.1 Å². The molecule has 0 aromatic carbocycles. The van der Waals surface area contributed by atoms with Crippen LogP contribution >= 0.6 is 0 Å². The minimum absolute atomic E-state index is 0.202. The summed E-state index contributed by atoms with van der Waals surface area (Å²) < 4.78 is 4.55. The van der Waals surface area contributed by atoms with Crippen LogP contribution in [-0.2, 0) is 4.74 Å². The van der Waals surface area contributed by atoms with Gasteiger partial charge in [0.2, 0.25) is 0 Å². The number of ether oxygens (including phenoxy) is 1. The zero-order valence-corrected chi connectivity index (χ0v) is 9.67. The molecule has 1 saturated heterocycles. The highest BCUT2D eigenvalue weighted by Gasteiger charge is 2.18.